The second-order valence-corrected chi connectivity index (χ2v) is 2.22. The van der Waals surface area contributed by atoms with Crippen LogP contribution in [0, 0.1) is 5.92 Å². The molecule has 0 amide bonds. The summed E-state index contributed by atoms with van der Waals surface area (Å²) in [6, 6.07) is 0. The Labute approximate surface area is 80.8 Å². The highest BCUT2D eigenvalue weighted by molar-refractivity contribution is 5.85. The lowest BCUT2D eigenvalue weighted by atomic mass is 10.1. The van der Waals surface area contributed by atoms with Crippen molar-refractivity contribution in [1.29, 1.82) is 0 Å². The average molecular weight is 224 g/mol. The summed E-state index contributed by atoms with van der Waals surface area (Å²) in [5, 5.41) is 0. The van der Waals surface area contributed by atoms with Crippen molar-refractivity contribution in [1.82, 2.24) is 0 Å². The lowest BCUT2D eigenvalue weighted by molar-refractivity contribution is -0.249. The quantitative estimate of drug-likeness (QED) is 0.728. The third-order valence-electron chi connectivity index (χ3n) is 1.47. The fraction of sp³-hybridized carbons (Fsp3) is 1.00. The summed E-state index contributed by atoms with van der Waals surface area (Å²) < 4.78 is 45.2. The molecule has 0 aliphatic carbocycles. The van der Waals surface area contributed by atoms with Gasteiger partial charge in [-0.25, -0.2) is 0 Å². The molecule has 2 N–H and O–H groups in total. The summed E-state index contributed by atoms with van der Waals surface area (Å²) in [6.07, 6.45) is -5.71. The lowest BCUT2D eigenvalue weighted by Crippen LogP contribution is -2.41. The molecule has 7 heteroatoms. The predicted molar refractivity (Wildman–Crippen MR) is 43.7 cm³/mol. The highest BCUT2D eigenvalue weighted by Gasteiger charge is 2.44. The smallest absolute Gasteiger partial charge is 0.355 e. The maximum Gasteiger partial charge on any atom is 0.397 e. The van der Waals surface area contributed by atoms with Crippen LogP contribution < -0.4 is 5.73 Å². The molecular weight excluding hydrogens is 211 g/mol. The van der Waals surface area contributed by atoms with E-state index >= 15 is 0 Å². The maximum absolute atomic E-state index is 12.1. The highest BCUT2D eigenvalue weighted by Crippen LogP contribution is 2.29. The van der Waals surface area contributed by atoms with Crippen LogP contribution in [0.2, 0.25) is 0 Å². The van der Waals surface area contributed by atoms with Gasteiger partial charge in [0, 0.05) is 20.8 Å². The highest BCUT2D eigenvalue weighted by atomic mass is 35.5. The van der Waals surface area contributed by atoms with Crippen LogP contribution in [0.5, 0.6) is 0 Å². The first-order valence-corrected chi connectivity index (χ1v) is 3.29. The molecule has 0 aromatic rings. The SMILES string of the molecule is COC(OC)C(CN)C(F)(F)F.Cl. The minimum absolute atomic E-state index is 0. The van der Waals surface area contributed by atoms with E-state index in [4.69, 9.17) is 5.73 Å². The normalized spacial score (nSPS) is 14.1. The van der Waals surface area contributed by atoms with Crippen molar-refractivity contribution < 1.29 is 22.6 Å². The van der Waals surface area contributed by atoms with E-state index in [0.29, 0.717) is 0 Å². The number of hydrogen-bond acceptors (Lipinski definition) is 3. The van der Waals surface area contributed by atoms with E-state index < -0.39 is 24.9 Å². The third-order valence-corrected chi connectivity index (χ3v) is 1.47. The van der Waals surface area contributed by atoms with Crippen LogP contribution in [0.3, 0.4) is 0 Å². The largest absolute Gasteiger partial charge is 0.397 e. The average Bonchev–Trinajstić information content (AvgIpc) is 1.97. The number of methoxy groups -OCH3 is 2. The topological polar surface area (TPSA) is 44.5 Å². The van der Waals surface area contributed by atoms with Gasteiger partial charge < -0.3 is 15.2 Å². The minimum atomic E-state index is -4.38. The van der Waals surface area contributed by atoms with Crippen LogP contribution in [0.15, 0.2) is 0 Å². The van der Waals surface area contributed by atoms with Gasteiger partial charge in [0.25, 0.3) is 0 Å². The minimum Gasteiger partial charge on any atom is -0.355 e. The van der Waals surface area contributed by atoms with Crippen LogP contribution >= 0.6 is 12.4 Å². The van der Waals surface area contributed by atoms with E-state index in [1.165, 1.54) is 0 Å². The number of nitrogens with two attached hydrogens (primary N) is 1. The van der Waals surface area contributed by atoms with Crippen molar-refractivity contribution in [3.8, 4) is 0 Å². The van der Waals surface area contributed by atoms with Crippen LogP contribution in [0.1, 0.15) is 0 Å². The van der Waals surface area contributed by atoms with Gasteiger partial charge >= 0.3 is 6.18 Å². The fourth-order valence-electron chi connectivity index (χ4n) is 0.824. The summed E-state index contributed by atoms with van der Waals surface area (Å²) in [7, 11) is 2.28. The van der Waals surface area contributed by atoms with Gasteiger partial charge in [-0.15, -0.1) is 12.4 Å². The van der Waals surface area contributed by atoms with Crippen molar-refractivity contribution in [2.75, 3.05) is 20.8 Å². The molecular formula is C6H13ClF3NO2. The van der Waals surface area contributed by atoms with Crippen LogP contribution in [-0.4, -0.2) is 33.2 Å². The maximum atomic E-state index is 12.1. The Morgan fingerprint density at radius 2 is 1.62 bits per heavy atom. The number of halogens is 4. The van der Waals surface area contributed by atoms with Gasteiger partial charge in [0.1, 0.15) is 5.92 Å². The first-order valence-electron chi connectivity index (χ1n) is 3.29. The Morgan fingerprint density at radius 1 is 1.23 bits per heavy atom. The molecule has 0 aliphatic heterocycles. The standard InChI is InChI=1S/C6H12F3NO2.ClH/c1-11-5(12-2)4(3-10)6(7,8)9;/h4-5H,3,10H2,1-2H3;1H. The number of ether oxygens (including phenoxy) is 2. The Morgan fingerprint density at radius 3 is 1.69 bits per heavy atom. The monoisotopic (exact) mass is 223 g/mol. The summed E-state index contributed by atoms with van der Waals surface area (Å²) in [4.78, 5) is 0. The Hall–Kier alpha value is -0.0400. The molecule has 0 saturated carbocycles. The molecule has 1 atom stereocenters. The zero-order valence-corrected chi connectivity index (χ0v) is 8.11. The lowest BCUT2D eigenvalue weighted by Gasteiger charge is -2.25. The Kier molecular flexibility index (Phi) is 7.62. The molecule has 0 fully saturated rings. The van der Waals surface area contributed by atoms with E-state index in [1.807, 2.05) is 0 Å². The van der Waals surface area contributed by atoms with Gasteiger partial charge in [0.05, 0.1) is 0 Å². The van der Waals surface area contributed by atoms with Gasteiger partial charge in [-0.2, -0.15) is 13.2 Å². The molecule has 13 heavy (non-hydrogen) atoms. The molecule has 0 aromatic carbocycles. The number of hydrogen-bond donors (Lipinski definition) is 1. The third kappa shape index (κ3) is 4.66. The van der Waals surface area contributed by atoms with Crippen molar-refractivity contribution in [3.63, 3.8) is 0 Å². The second-order valence-electron chi connectivity index (χ2n) is 2.22. The number of rotatable bonds is 4. The molecule has 3 nitrogen and oxygen atoms in total. The Balaban J connectivity index is 0. The van der Waals surface area contributed by atoms with Crippen molar-refractivity contribution >= 4 is 12.4 Å². The predicted octanol–water partition coefficient (Wildman–Crippen LogP) is 1.16. The second kappa shape index (κ2) is 6.42. The van der Waals surface area contributed by atoms with E-state index in [0.717, 1.165) is 14.2 Å². The fourth-order valence-corrected chi connectivity index (χ4v) is 0.824. The first-order chi connectivity index (χ1) is 5.47. The molecule has 0 spiro atoms. The molecule has 0 heterocycles. The van der Waals surface area contributed by atoms with Crippen molar-refractivity contribution in [2.24, 2.45) is 11.7 Å². The zero-order valence-electron chi connectivity index (χ0n) is 7.30. The first kappa shape index (κ1) is 15.4. The van der Waals surface area contributed by atoms with Gasteiger partial charge in [-0.05, 0) is 0 Å². The molecule has 82 valence electrons. The molecule has 0 radical (unpaired) electrons. The van der Waals surface area contributed by atoms with E-state index in [1.54, 1.807) is 0 Å². The summed E-state index contributed by atoms with van der Waals surface area (Å²) in [5.74, 6) is -1.77. The van der Waals surface area contributed by atoms with E-state index in [-0.39, 0.29) is 12.4 Å². The van der Waals surface area contributed by atoms with Crippen LogP contribution in [0.4, 0.5) is 13.2 Å². The van der Waals surface area contributed by atoms with Crippen molar-refractivity contribution in [3.05, 3.63) is 0 Å². The van der Waals surface area contributed by atoms with Crippen LogP contribution in [-0.2, 0) is 9.47 Å². The van der Waals surface area contributed by atoms with E-state index in [9.17, 15) is 13.2 Å². The Bertz CT molecular complexity index is 130. The van der Waals surface area contributed by atoms with Crippen molar-refractivity contribution in [2.45, 2.75) is 12.5 Å². The molecule has 0 aliphatic rings. The number of alkyl halides is 3. The molecule has 0 aromatic heterocycles. The molecule has 0 bridgehead atoms. The van der Waals surface area contributed by atoms with Gasteiger partial charge in [-0.1, -0.05) is 0 Å². The zero-order chi connectivity index (χ0) is 9.78. The van der Waals surface area contributed by atoms with Crippen LogP contribution in [0.25, 0.3) is 0 Å². The van der Waals surface area contributed by atoms with Gasteiger partial charge in [0.2, 0.25) is 0 Å². The molecule has 0 rings (SSSR count). The van der Waals surface area contributed by atoms with Gasteiger partial charge in [0.15, 0.2) is 6.29 Å². The van der Waals surface area contributed by atoms with Gasteiger partial charge in [-0.3, -0.25) is 0 Å². The summed E-state index contributed by atoms with van der Waals surface area (Å²) >= 11 is 0. The van der Waals surface area contributed by atoms with E-state index in [2.05, 4.69) is 9.47 Å². The summed E-state index contributed by atoms with van der Waals surface area (Å²) in [5.41, 5.74) is 4.93. The molecule has 1 unspecified atom stereocenters. The molecule has 0 saturated heterocycles. The summed E-state index contributed by atoms with van der Waals surface area (Å²) in [6.45, 7) is -0.546.